The van der Waals surface area contributed by atoms with Gasteiger partial charge in [-0.1, -0.05) is 42.5 Å². The molecule has 0 aliphatic rings. The second kappa shape index (κ2) is 8.08. The van der Waals surface area contributed by atoms with E-state index in [4.69, 9.17) is 10.5 Å². The summed E-state index contributed by atoms with van der Waals surface area (Å²) in [6, 6.07) is 18.3. The van der Waals surface area contributed by atoms with Crippen LogP contribution in [-0.2, 0) is 13.2 Å². The van der Waals surface area contributed by atoms with Crippen molar-refractivity contribution in [1.29, 1.82) is 0 Å². The Labute approximate surface area is 132 Å². The third kappa shape index (κ3) is 5.48. The lowest BCUT2D eigenvalue weighted by molar-refractivity contribution is 0.306. The molecule has 116 valence electrons. The highest BCUT2D eigenvalue weighted by Crippen LogP contribution is 2.12. The number of hydrogen-bond donors (Lipinski definition) is 2. The van der Waals surface area contributed by atoms with Gasteiger partial charge in [-0.2, -0.15) is 0 Å². The average molecular weight is 297 g/mol. The van der Waals surface area contributed by atoms with Gasteiger partial charge in [0.2, 0.25) is 0 Å². The molecule has 2 aromatic rings. The first-order chi connectivity index (χ1) is 10.6. The molecule has 4 nitrogen and oxygen atoms in total. The lowest BCUT2D eigenvalue weighted by Gasteiger charge is -2.09. The maximum atomic E-state index is 5.78. The number of guanidine groups is 1. The van der Waals surface area contributed by atoms with E-state index in [0.29, 0.717) is 25.2 Å². The third-order valence-electron chi connectivity index (χ3n) is 3.04. The molecule has 0 spiro atoms. The van der Waals surface area contributed by atoms with Crippen LogP contribution in [0.1, 0.15) is 25.0 Å². The van der Waals surface area contributed by atoms with Crippen molar-refractivity contribution >= 4 is 5.96 Å². The van der Waals surface area contributed by atoms with Gasteiger partial charge in [0, 0.05) is 6.04 Å². The molecule has 3 N–H and O–H groups in total. The van der Waals surface area contributed by atoms with Crippen LogP contribution >= 0.6 is 0 Å². The Balaban J connectivity index is 1.85. The van der Waals surface area contributed by atoms with Crippen molar-refractivity contribution in [3.63, 3.8) is 0 Å². The summed E-state index contributed by atoms with van der Waals surface area (Å²) in [5, 5.41) is 3.07. The molecule has 0 bridgehead atoms. The smallest absolute Gasteiger partial charge is 0.189 e. The Morgan fingerprint density at radius 3 is 2.32 bits per heavy atom. The first kappa shape index (κ1) is 15.9. The van der Waals surface area contributed by atoms with E-state index >= 15 is 0 Å². The quantitative estimate of drug-likeness (QED) is 0.636. The molecule has 4 heteroatoms. The van der Waals surface area contributed by atoms with E-state index in [1.165, 1.54) is 0 Å². The molecular formula is C18H23N3O. The lowest BCUT2D eigenvalue weighted by atomic mass is 10.1. The molecular weight excluding hydrogens is 274 g/mol. The zero-order chi connectivity index (χ0) is 15.8. The minimum Gasteiger partial charge on any atom is -0.489 e. The van der Waals surface area contributed by atoms with Gasteiger partial charge in [-0.3, -0.25) is 0 Å². The normalized spacial score (nSPS) is 11.5. The Morgan fingerprint density at radius 1 is 1.05 bits per heavy atom. The van der Waals surface area contributed by atoms with E-state index in [9.17, 15) is 0 Å². The van der Waals surface area contributed by atoms with Crippen LogP contribution in [0.25, 0.3) is 0 Å². The zero-order valence-electron chi connectivity index (χ0n) is 13.1. The predicted molar refractivity (Wildman–Crippen MR) is 90.8 cm³/mol. The molecule has 22 heavy (non-hydrogen) atoms. The number of para-hydroxylation sites is 1. The minimum absolute atomic E-state index is 0.293. The van der Waals surface area contributed by atoms with Crippen molar-refractivity contribution in [2.75, 3.05) is 0 Å². The first-order valence-corrected chi connectivity index (χ1v) is 7.45. The molecule has 0 unspecified atom stereocenters. The maximum Gasteiger partial charge on any atom is 0.189 e. The Bertz CT molecular complexity index is 591. The fourth-order valence-electron chi connectivity index (χ4n) is 1.94. The molecule has 0 radical (unpaired) electrons. The molecule has 0 amide bonds. The topological polar surface area (TPSA) is 59.6 Å². The number of aliphatic imine (C=N–C) groups is 1. The van der Waals surface area contributed by atoms with Crippen LogP contribution in [0, 0.1) is 0 Å². The van der Waals surface area contributed by atoms with Gasteiger partial charge in [0.25, 0.3) is 0 Å². The van der Waals surface area contributed by atoms with Crippen molar-refractivity contribution in [2.45, 2.75) is 33.0 Å². The average Bonchev–Trinajstić information content (AvgIpc) is 2.52. The van der Waals surface area contributed by atoms with Crippen LogP contribution in [0.4, 0.5) is 0 Å². The summed E-state index contributed by atoms with van der Waals surface area (Å²) < 4.78 is 5.72. The SMILES string of the molecule is CC(C)NC(N)=NCc1ccc(COc2ccccc2)cc1. The number of nitrogens with two attached hydrogens (primary N) is 1. The minimum atomic E-state index is 0.293. The summed E-state index contributed by atoms with van der Waals surface area (Å²) in [6.45, 7) is 5.20. The fourth-order valence-corrected chi connectivity index (χ4v) is 1.94. The van der Waals surface area contributed by atoms with Gasteiger partial charge in [-0.15, -0.1) is 0 Å². The highest BCUT2D eigenvalue weighted by atomic mass is 16.5. The largest absolute Gasteiger partial charge is 0.489 e. The van der Waals surface area contributed by atoms with Crippen LogP contribution in [0.2, 0.25) is 0 Å². The van der Waals surface area contributed by atoms with Crippen molar-refractivity contribution in [1.82, 2.24) is 5.32 Å². The first-order valence-electron chi connectivity index (χ1n) is 7.45. The molecule has 0 aromatic heterocycles. The number of rotatable bonds is 6. The maximum absolute atomic E-state index is 5.78. The predicted octanol–water partition coefficient (Wildman–Crippen LogP) is 3.08. The van der Waals surface area contributed by atoms with Crippen molar-refractivity contribution in [3.8, 4) is 5.75 Å². The van der Waals surface area contributed by atoms with Gasteiger partial charge in [-0.25, -0.2) is 4.99 Å². The summed E-state index contributed by atoms with van der Waals surface area (Å²) in [5.74, 6) is 1.36. The third-order valence-corrected chi connectivity index (χ3v) is 3.04. The standard InChI is InChI=1S/C18H23N3O/c1-14(2)21-18(19)20-12-15-8-10-16(11-9-15)13-22-17-6-4-3-5-7-17/h3-11,14H,12-13H2,1-2H3,(H3,19,20,21). The molecule has 0 heterocycles. The van der Waals surface area contributed by atoms with Crippen LogP contribution < -0.4 is 15.8 Å². The fraction of sp³-hybridized carbons (Fsp3) is 0.278. The summed E-state index contributed by atoms with van der Waals surface area (Å²) >= 11 is 0. The summed E-state index contributed by atoms with van der Waals surface area (Å²) in [6.07, 6.45) is 0. The van der Waals surface area contributed by atoms with Crippen molar-refractivity contribution in [2.24, 2.45) is 10.7 Å². The lowest BCUT2D eigenvalue weighted by Crippen LogP contribution is -2.36. The van der Waals surface area contributed by atoms with Crippen LogP contribution in [0.15, 0.2) is 59.6 Å². The van der Waals surface area contributed by atoms with E-state index in [0.717, 1.165) is 16.9 Å². The molecule has 0 fully saturated rings. The summed E-state index contributed by atoms with van der Waals surface area (Å²) in [7, 11) is 0. The molecule has 0 aliphatic carbocycles. The van der Waals surface area contributed by atoms with Gasteiger partial charge in [0.05, 0.1) is 6.54 Å². The highest BCUT2D eigenvalue weighted by molar-refractivity contribution is 5.78. The molecule has 0 saturated carbocycles. The Morgan fingerprint density at radius 2 is 1.68 bits per heavy atom. The second-order valence-electron chi connectivity index (χ2n) is 5.42. The van der Waals surface area contributed by atoms with Gasteiger partial charge in [-0.05, 0) is 37.1 Å². The van der Waals surface area contributed by atoms with E-state index in [2.05, 4.69) is 34.6 Å². The molecule has 0 aliphatic heterocycles. The van der Waals surface area contributed by atoms with Crippen molar-refractivity contribution < 1.29 is 4.74 Å². The number of benzene rings is 2. The zero-order valence-corrected chi connectivity index (χ0v) is 13.1. The molecule has 0 atom stereocenters. The molecule has 2 rings (SSSR count). The Hall–Kier alpha value is -2.49. The second-order valence-corrected chi connectivity index (χ2v) is 5.42. The van der Waals surface area contributed by atoms with Crippen LogP contribution in [0.5, 0.6) is 5.75 Å². The van der Waals surface area contributed by atoms with Gasteiger partial charge < -0.3 is 15.8 Å². The molecule has 2 aromatic carbocycles. The monoisotopic (exact) mass is 297 g/mol. The van der Waals surface area contributed by atoms with Crippen LogP contribution in [0.3, 0.4) is 0 Å². The summed E-state index contributed by atoms with van der Waals surface area (Å²) in [5.41, 5.74) is 8.04. The van der Waals surface area contributed by atoms with Gasteiger partial charge in [0.1, 0.15) is 12.4 Å². The Kier molecular flexibility index (Phi) is 5.83. The van der Waals surface area contributed by atoms with E-state index in [-0.39, 0.29) is 0 Å². The summed E-state index contributed by atoms with van der Waals surface area (Å²) in [4.78, 5) is 4.31. The van der Waals surface area contributed by atoms with E-state index in [1.54, 1.807) is 0 Å². The number of ether oxygens (including phenoxy) is 1. The molecule has 0 saturated heterocycles. The highest BCUT2D eigenvalue weighted by Gasteiger charge is 1.98. The number of hydrogen-bond acceptors (Lipinski definition) is 2. The van der Waals surface area contributed by atoms with Crippen LogP contribution in [-0.4, -0.2) is 12.0 Å². The van der Waals surface area contributed by atoms with Gasteiger partial charge in [0.15, 0.2) is 5.96 Å². The number of nitrogens with one attached hydrogen (secondary N) is 1. The number of nitrogens with zero attached hydrogens (tertiary/aromatic N) is 1. The van der Waals surface area contributed by atoms with E-state index < -0.39 is 0 Å². The van der Waals surface area contributed by atoms with Gasteiger partial charge >= 0.3 is 0 Å². The van der Waals surface area contributed by atoms with E-state index in [1.807, 2.05) is 44.2 Å². The van der Waals surface area contributed by atoms with Crippen molar-refractivity contribution in [3.05, 3.63) is 65.7 Å².